The predicted octanol–water partition coefficient (Wildman–Crippen LogP) is 15.8. The van der Waals surface area contributed by atoms with Crippen LogP contribution in [0.15, 0.2) is 122 Å². The topological polar surface area (TPSA) is 307 Å². The second-order valence-corrected chi connectivity index (χ2v) is 30.3. The average molecular weight is 1540 g/mol. The molecular formula is C90H155NO18. The Morgan fingerprint density at radius 1 is 0.339 bits per heavy atom. The number of carbonyl (C=O) groups is 1. The van der Waals surface area contributed by atoms with Crippen LogP contribution in [0.1, 0.15) is 309 Å². The van der Waals surface area contributed by atoms with E-state index < -0.39 is 124 Å². The number of unbranched alkanes of at least 4 members (excludes halogenated alkanes) is 32. The summed E-state index contributed by atoms with van der Waals surface area (Å²) in [5, 5.41) is 121. The van der Waals surface area contributed by atoms with E-state index in [2.05, 4.69) is 141 Å². The number of rotatable bonds is 68. The van der Waals surface area contributed by atoms with Crippen molar-refractivity contribution in [2.45, 2.75) is 413 Å². The van der Waals surface area contributed by atoms with Gasteiger partial charge in [0, 0.05) is 6.42 Å². The van der Waals surface area contributed by atoms with E-state index in [0.29, 0.717) is 12.8 Å². The van der Waals surface area contributed by atoms with Gasteiger partial charge in [0.05, 0.1) is 38.6 Å². The lowest BCUT2D eigenvalue weighted by Gasteiger charge is -2.48. The molecule has 628 valence electrons. The molecule has 17 unspecified atom stereocenters. The lowest BCUT2D eigenvalue weighted by Crippen LogP contribution is -2.66. The number of hydrogen-bond donors (Lipinski definition) is 12. The van der Waals surface area contributed by atoms with Crippen LogP contribution in [-0.4, -0.2) is 193 Å². The molecule has 0 aromatic heterocycles. The van der Waals surface area contributed by atoms with Crippen molar-refractivity contribution in [3.8, 4) is 0 Å². The van der Waals surface area contributed by atoms with Crippen molar-refractivity contribution in [1.82, 2.24) is 5.32 Å². The van der Waals surface area contributed by atoms with Crippen molar-refractivity contribution >= 4 is 5.91 Å². The minimum atomic E-state index is -1.98. The first-order valence-electron chi connectivity index (χ1n) is 43.3. The third kappa shape index (κ3) is 47.6. The van der Waals surface area contributed by atoms with Gasteiger partial charge in [-0.15, -0.1) is 0 Å². The molecule has 3 aliphatic heterocycles. The van der Waals surface area contributed by atoms with Crippen LogP contribution in [0.25, 0.3) is 0 Å². The van der Waals surface area contributed by atoms with Crippen LogP contribution in [0, 0.1) is 0 Å². The van der Waals surface area contributed by atoms with E-state index in [1.165, 1.54) is 148 Å². The molecule has 0 saturated carbocycles. The van der Waals surface area contributed by atoms with E-state index in [4.69, 9.17) is 28.4 Å². The highest BCUT2D eigenvalue weighted by Gasteiger charge is 2.54. The lowest BCUT2D eigenvalue weighted by atomic mass is 9.96. The summed E-state index contributed by atoms with van der Waals surface area (Å²) < 4.78 is 34.6. The summed E-state index contributed by atoms with van der Waals surface area (Å²) in [6.07, 6.45) is 69.9. The van der Waals surface area contributed by atoms with Crippen LogP contribution in [0.5, 0.6) is 0 Å². The summed E-state index contributed by atoms with van der Waals surface area (Å²) in [5.41, 5.74) is 0. The van der Waals surface area contributed by atoms with Crippen molar-refractivity contribution in [3.63, 3.8) is 0 Å². The number of hydrogen-bond acceptors (Lipinski definition) is 18. The number of amides is 1. The minimum Gasteiger partial charge on any atom is -0.394 e. The van der Waals surface area contributed by atoms with E-state index in [1.807, 2.05) is 0 Å². The standard InChI is InChI=1S/C90H155NO18/c1-3-5-7-9-11-13-15-17-19-21-23-25-27-29-31-32-33-34-35-36-37-38-39-40-42-44-46-48-50-52-54-56-58-60-62-64-66-68-78(96)91-73(74(95)67-65-63-61-59-57-55-53-51-49-47-45-43-41-30-28-26-24-22-20-18-16-14-12-10-8-6-4-2)72-104-88-84(102)81(99)86(76(70-93)106-88)109-90-85(103)82(100)87(77(71-94)107-90)108-89-83(101)80(98)79(97)75(69-92)105-89/h5,7,11,13,17,19,23,25,29,31,33-34,36-37,39-40,44,46,50,52,73-77,79-90,92-95,97-103H,3-4,6,8-10,12,14-16,18,20-22,24,26-28,30,32,35,38,41-43,45,47-49,51,53-72H2,1-2H3,(H,91,96)/b7-5-,13-11-,19-17-,25-23-,31-29-,34-33-,37-36-,40-39-,46-44-,52-50-. The number of carbonyl (C=O) groups excluding carboxylic acids is 1. The summed E-state index contributed by atoms with van der Waals surface area (Å²) >= 11 is 0. The molecule has 12 N–H and O–H groups in total. The number of aliphatic hydroxyl groups is 11. The van der Waals surface area contributed by atoms with Crippen LogP contribution in [0.4, 0.5) is 0 Å². The molecule has 0 radical (unpaired) electrons. The first-order valence-corrected chi connectivity index (χ1v) is 43.3. The van der Waals surface area contributed by atoms with Gasteiger partial charge in [0.2, 0.25) is 5.91 Å². The Bertz CT molecular complexity index is 2440. The molecule has 3 heterocycles. The van der Waals surface area contributed by atoms with Crippen LogP contribution >= 0.6 is 0 Å². The Morgan fingerprint density at radius 2 is 0.633 bits per heavy atom. The zero-order valence-corrected chi connectivity index (χ0v) is 67.5. The van der Waals surface area contributed by atoms with E-state index >= 15 is 0 Å². The Balaban J connectivity index is 1.36. The number of nitrogens with one attached hydrogen (secondary N) is 1. The predicted molar refractivity (Wildman–Crippen MR) is 438 cm³/mol. The van der Waals surface area contributed by atoms with Gasteiger partial charge < -0.3 is 89.9 Å². The number of allylic oxidation sites excluding steroid dienone is 20. The molecule has 0 spiro atoms. The minimum absolute atomic E-state index is 0.242. The number of ether oxygens (including phenoxy) is 6. The fraction of sp³-hybridized carbons (Fsp3) is 0.767. The monoisotopic (exact) mass is 1540 g/mol. The first-order chi connectivity index (χ1) is 53.3. The summed E-state index contributed by atoms with van der Waals surface area (Å²) in [6, 6.07) is -0.907. The average Bonchev–Trinajstić information content (AvgIpc) is 0.760. The lowest BCUT2D eigenvalue weighted by molar-refractivity contribution is -0.379. The maximum absolute atomic E-state index is 13.5. The Hall–Kier alpha value is -3.81. The molecule has 1 amide bonds. The number of aliphatic hydroxyl groups excluding tert-OH is 11. The highest BCUT2D eigenvalue weighted by Crippen LogP contribution is 2.33. The molecule has 17 atom stereocenters. The van der Waals surface area contributed by atoms with Crippen LogP contribution in [0.3, 0.4) is 0 Å². The molecule has 19 heteroatoms. The van der Waals surface area contributed by atoms with E-state index in [1.54, 1.807) is 0 Å². The molecule has 3 rings (SSSR count). The fourth-order valence-electron chi connectivity index (χ4n) is 13.9. The Kier molecular flexibility index (Phi) is 62.5. The zero-order valence-electron chi connectivity index (χ0n) is 67.5. The summed E-state index contributed by atoms with van der Waals surface area (Å²) in [6.45, 7) is 1.70. The van der Waals surface area contributed by atoms with Gasteiger partial charge in [0.15, 0.2) is 18.9 Å². The van der Waals surface area contributed by atoms with E-state index in [9.17, 15) is 61.0 Å². The van der Waals surface area contributed by atoms with Crippen molar-refractivity contribution < 1.29 is 89.4 Å². The van der Waals surface area contributed by atoms with E-state index in [0.717, 1.165) is 128 Å². The van der Waals surface area contributed by atoms with Gasteiger partial charge in [-0.3, -0.25) is 4.79 Å². The third-order valence-electron chi connectivity index (χ3n) is 20.8. The quantitative estimate of drug-likeness (QED) is 0.0199. The first kappa shape index (κ1) is 99.4. The van der Waals surface area contributed by atoms with Gasteiger partial charge in [-0.25, -0.2) is 0 Å². The molecule has 0 aromatic rings. The second kappa shape index (κ2) is 68.6. The second-order valence-electron chi connectivity index (χ2n) is 30.3. The zero-order chi connectivity index (χ0) is 78.8. The Labute approximate surface area is 658 Å². The highest BCUT2D eigenvalue weighted by atomic mass is 16.8. The smallest absolute Gasteiger partial charge is 0.220 e. The van der Waals surface area contributed by atoms with Crippen LogP contribution in [-0.2, 0) is 33.2 Å². The van der Waals surface area contributed by atoms with Crippen molar-refractivity contribution in [1.29, 1.82) is 0 Å². The van der Waals surface area contributed by atoms with Gasteiger partial charge >= 0.3 is 0 Å². The van der Waals surface area contributed by atoms with Gasteiger partial charge in [-0.05, 0) is 89.9 Å². The maximum atomic E-state index is 13.5. The molecule has 3 fully saturated rings. The SMILES string of the molecule is CC/C=C\C/C=C\C/C=C\C/C=C\C/C=C\C/C=C\C/C=C\C/C=C\C/C=C\C/C=C\CCCCCCCCC(=O)NC(COC1OC(CO)C(OC2OC(CO)C(OC3OC(CO)C(O)C(O)C3O)C(O)C2O)C(O)C1O)C(O)CCCCCCCCCCCCCCCCCCCCCCCCCCCCC. The highest BCUT2D eigenvalue weighted by molar-refractivity contribution is 5.76. The summed E-state index contributed by atoms with van der Waals surface area (Å²) in [4.78, 5) is 13.5. The normalized spacial score (nSPS) is 25.9. The largest absolute Gasteiger partial charge is 0.394 e. The molecule has 0 bridgehead atoms. The van der Waals surface area contributed by atoms with Crippen LogP contribution in [0.2, 0.25) is 0 Å². The molecule has 0 aromatic carbocycles. The van der Waals surface area contributed by atoms with E-state index in [-0.39, 0.29) is 18.9 Å². The summed E-state index contributed by atoms with van der Waals surface area (Å²) in [5.74, 6) is -0.259. The molecule has 0 aliphatic carbocycles. The van der Waals surface area contributed by atoms with Gasteiger partial charge in [-0.2, -0.15) is 0 Å². The molecule has 19 nitrogen and oxygen atoms in total. The van der Waals surface area contributed by atoms with Crippen molar-refractivity contribution in [3.05, 3.63) is 122 Å². The van der Waals surface area contributed by atoms with Crippen molar-refractivity contribution in [2.24, 2.45) is 0 Å². The van der Waals surface area contributed by atoms with Crippen LogP contribution < -0.4 is 5.32 Å². The van der Waals surface area contributed by atoms with Crippen molar-refractivity contribution in [2.75, 3.05) is 26.4 Å². The summed E-state index contributed by atoms with van der Waals surface area (Å²) in [7, 11) is 0. The third-order valence-corrected chi connectivity index (χ3v) is 20.8. The van der Waals surface area contributed by atoms with Gasteiger partial charge in [0.1, 0.15) is 73.2 Å². The fourth-order valence-corrected chi connectivity index (χ4v) is 13.9. The molecule has 109 heavy (non-hydrogen) atoms. The maximum Gasteiger partial charge on any atom is 0.220 e. The van der Waals surface area contributed by atoms with Gasteiger partial charge in [-0.1, -0.05) is 334 Å². The van der Waals surface area contributed by atoms with Gasteiger partial charge in [0.25, 0.3) is 0 Å². The molecular weight excluding hydrogens is 1380 g/mol. The Morgan fingerprint density at radius 3 is 0.991 bits per heavy atom. The molecule has 3 aliphatic rings. The molecule has 3 saturated heterocycles.